The number of aryl methyl sites for hydroxylation is 1. The molecule has 1 saturated heterocycles. The average molecular weight is 540 g/mol. The Morgan fingerprint density at radius 2 is 1.82 bits per heavy atom. The molecule has 1 heterocycles. The van der Waals surface area contributed by atoms with Gasteiger partial charge in [0.2, 0.25) is 0 Å². The Kier molecular flexibility index (Phi) is 6.86. The third-order valence-corrected chi connectivity index (χ3v) is 6.47. The van der Waals surface area contributed by atoms with E-state index in [4.69, 9.17) is 16.3 Å². The van der Waals surface area contributed by atoms with E-state index in [0.717, 1.165) is 26.1 Å². The minimum Gasteiger partial charge on any atom is -0.496 e. The fourth-order valence-electron chi connectivity index (χ4n) is 3.73. The molecule has 4 amide bonds. The van der Waals surface area contributed by atoms with Gasteiger partial charge in [-0.25, -0.2) is 9.69 Å². The number of ether oxygens (including phenoxy) is 1. The van der Waals surface area contributed by atoms with Crippen molar-refractivity contribution in [2.75, 3.05) is 12.0 Å². The van der Waals surface area contributed by atoms with Crippen LogP contribution in [0.3, 0.4) is 0 Å². The van der Waals surface area contributed by atoms with Gasteiger partial charge in [0.15, 0.2) is 0 Å². The standard InChI is InChI=1S/C26H20BrClN2O4/c1-15-6-5-8-18(10-15)30-25(32)20(24(31)29-26(30)33)11-16-12-21(27)19(23(13-16)34-2)14-17-7-3-4-9-22(17)28/h3-13H,14H2,1-2H3,(H,29,31,33)/b20-11+. The summed E-state index contributed by atoms with van der Waals surface area (Å²) in [4.78, 5) is 39.1. The van der Waals surface area contributed by atoms with Crippen LogP contribution in [0, 0.1) is 6.92 Å². The van der Waals surface area contributed by atoms with Crippen LogP contribution < -0.4 is 15.0 Å². The first-order chi connectivity index (χ1) is 16.3. The van der Waals surface area contributed by atoms with Crippen LogP contribution in [0.2, 0.25) is 5.02 Å². The minimum absolute atomic E-state index is 0.158. The number of methoxy groups -OCH3 is 1. The summed E-state index contributed by atoms with van der Waals surface area (Å²) >= 11 is 9.90. The van der Waals surface area contributed by atoms with Gasteiger partial charge in [-0.1, -0.05) is 57.9 Å². The summed E-state index contributed by atoms with van der Waals surface area (Å²) in [6.07, 6.45) is 1.97. The lowest BCUT2D eigenvalue weighted by atomic mass is 10.0. The van der Waals surface area contributed by atoms with E-state index in [1.54, 1.807) is 37.4 Å². The number of imide groups is 2. The molecule has 0 saturated carbocycles. The minimum atomic E-state index is -0.786. The summed E-state index contributed by atoms with van der Waals surface area (Å²) in [6, 6.07) is 17.2. The number of hydrogen-bond donors (Lipinski definition) is 1. The van der Waals surface area contributed by atoms with Crippen molar-refractivity contribution in [3.8, 4) is 5.75 Å². The van der Waals surface area contributed by atoms with Crippen molar-refractivity contribution in [3.63, 3.8) is 0 Å². The van der Waals surface area contributed by atoms with Gasteiger partial charge in [0.05, 0.1) is 12.8 Å². The van der Waals surface area contributed by atoms with Gasteiger partial charge in [-0.05, 0) is 60.0 Å². The Hall–Kier alpha value is -3.42. The molecule has 1 fully saturated rings. The van der Waals surface area contributed by atoms with Gasteiger partial charge in [-0.15, -0.1) is 0 Å². The van der Waals surface area contributed by atoms with Gasteiger partial charge >= 0.3 is 6.03 Å². The summed E-state index contributed by atoms with van der Waals surface area (Å²) in [5, 5.41) is 2.89. The first-order valence-electron chi connectivity index (χ1n) is 10.4. The molecule has 6 nitrogen and oxygen atoms in total. The Labute approximate surface area is 210 Å². The van der Waals surface area contributed by atoms with E-state index in [2.05, 4.69) is 21.2 Å². The number of nitrogens with zero attached hydrogens (tertiary/aromatic N) is 1. The van der Waals surface area contributed by atoms with Crippen LogP contribution in [-0.4, -0.2) is 25.0 Å². The second-order valence-corrected chi connectivity index (χ2v) is 9.01. The summed E-state index contributed by atoms with van der Waals surface area (Å²) < 4.78 is 6.32. The van der Waals surface area contributed by atoms with Crippen molar-refractivity contribution in [1.29, 1.82) is 0 Å². The van der Waals surface area contributed by atoms with Crippen molar-refractivity contribution in [1.82, 2.24) is 5.32 Å². The number of rotatable bonds is 5. The fraction of sp³-hybridized carbons (Fsp3) is 0.115. The molecule has 4 rings (SSSR count). The van der Waals surface area contributed by atoms with Crippen molar-refractivity contribution < 1.29 is 19.1 Å². The molecule has 1 aliphatic rings. The smallest absolute Gasteiger partial charge is 0.335 e. The molecule has 1 N–H and O–H groups in total. The SMILES string of the molecule is COc1cc(/C=C2\C(=O)NC(=O)N(c3cccc(C)c3)C2=O)cc(Br)c1Cc1ccccc1Cl. The highest BCUT2D eigenvalue weighted by Gasteiger charge is 2.36. The van der Waals surface area contributed by atoms with Crippen LogP contribution in [0.25, 0.3) is 6.08 Å². The lowest BCUT2D eigenvalue weighted by Crippen LogP contribution is -2.54. The molecule has 0 radical (unpaired) electrons. The van der Waals surface area contributed by atoms with E-state index in [1.165, 1.54) is 6.08 Å². The highest BCUT2D eigenvalue weighted by Crippen LogP contribution is 2.34. The fourth-order valence-corrected chi connectivity index (χ4v) is 4.53. The van der Waals surface area contributed by atoms with Crippen LogP contribution in [0.15, 0.2) is 70.7 Å². The second kappa shape index (κ2) is 9.83. The first kappa shape index (κ1) is 23.7. The summed E-state index contributed by atoms with van der Waals surface area (Å²) in [5.41, 5.74) is 3.47. The monoisotopic (exact) mass is 538 g/mol. The van der Waals surface area contributed by atoms with Gasteiger partial charge in [-0.3, -0.25) is 14.9 Å². The summed E-state index contributed by atoms with van der Waals surface area (Å²) in [7, 11) is 1.55. The van der Waals surface area contributed by atoms with Crippen LogP contribution in [0.5, 0.6) is 5.75 Å². The summed E-state index contributed by atoms with van der Waals surface area (Å²) in [6.45, 7) is 1.85. The highest BCUT2D eigenvalue weighted by molar-refractivity contribution is 9.10. The molecule has 34 heavy (non-hydrogen) atoms. The zero-order valence-corrected chi connectivity index (χ0v) is 20.7. The number of barbiturate groups is 1. The van der Waals surface area contributed by atoms with Gasteiger partial charge < -0.3 is 4.74 Å². The normalized spacial score (nSPS) is 15.0. The van der Waals surface area contributed by atoms with Gasteiger partial charge in [0, 0.05) is 21.5 Å². The largest absolute Gasteiger partial charge is 0.496 e. The predicted molar refractivity (Wildman–Crippen MR) is 135 cm³/mol. The molecule has 172 valence electrons. The zero-order valence-electron chi connectivity index (χ0n) is 18.4. The number of carbonyl (C=O) groups is 3. The molecule has 3 aromatic carbocycles. The van der Waals surface area contributed by atoms with Crippen molar-refractivity contribution >= 4 is 57.1 Å². The average Bonchev–Trinajstić information content (AvgIpc) is 2.79. The van der Waals surface area contributed by atoms with E-state index in [1.807, 2.05) is 37.3 Å². The molecule has 8 heteroatoms. The quantitative estimate of drug-likeness (QED) is 0.335. The Bertz CT molecular complexity index is 1350. The molecule has 1 aliphatic heterocycles. The number of carbonyl (C=O) groups excluding carboxylic acids is 3. The van der Waals surface area contributed by atoms with Crippen molar-refractivity contribution in [2.24, 2.45) is 0 Å². The second-order valence-electron chi connectivity index (χ2n) is 7.75. The Morgan fingerprint density at radius 3 is 2.53 bits per heavy atom. The van der Waals surface area contributed by atoms with Crippen LogP contribution in [-0.2, 0) is 16.0 Å². The number of hydrogen-bond acceptors (Lipinski definition) is 4. The number of nitrogens with one attached hydrogen (secondary N) is 1. The highest BCUT2D eigenvalue weighted by atomic mass is 79.9. The van der Waals surface area contributed by atoms with E-state index < -0.39 is 17.8 Å². The lowest BCUT2D eigenvalue weighted by Gasteiger charge is -2.26. The maximum Gasteiger partial charge on any atom is 0.335 e. The van der Waals surface area contributed by atoms with Crippen molar-refractivity contribution in [2.45, 2.75) is 13.3 Å². The number of halogens is 2. The number of anilines is 1. The third kappa shape index (κ3) is 4.76. The zero-order chi connectivity index (χ0) is 24.4. The topological polar surface area (TPSA) is 75.7 Å². The predicted octanol–water partition coefficient (Wildman–Crippen LogP) is 5.68. The molecule has 0 aromatic heterocycles. The summed E-state index contributed by atoms with van der Waals surface area (Å²) in [5.74, 6) is -0.889. The molecule has 0 spiro atoms. The number of benzene rings is 3. The van der Waals surface area contributed by atoms with E-state index >= 15 is 0 Å². The molecular weight excluding hydrogens is 520 g/mol. The molecule has 0 aliphatic carbocycles. The molecule has 0 atom stereocenters. The maximum absolute atomic E-state index is 13.2. The number of amides is 4. The van der Waals surface area contributed by atoms with Gasteiger partial charge in [0.1, 0.15) is 11.3 Å². The molecule has 0 unspecified atom stereocenters. The van der Waals surface area contributed by atoms with Crippen LogP contribution in [0.4, 0.5) is 10.5 Å². The molecule has 0 bridgehead atoms. The molecular formula is C26H20BrClN2O4. The lowest BCUT2D eigenvalue weighted by molar-refractivity contribution is -0.122. The van der Waals surface area contributed by atoms with E-state index in [-0.39, 0.29) is 5.57 Å². The van der Waals surface area contributed by atoms with E-state index in [0.29, 0.717) is 28.4 Å². The van der Waals surface area contributed by atoms with Gasteiger partial charge in [-0.2, -0.15) is 0 Å². The number of urea groups is 1. The Morgan fingerprint density at radius 1 is 1.06 bits per heavy atom. The third-order valence-electron chi connectivity index (χ3n) is 5.39. The van der Waals surface area contributed by atoms with Gasteiger partial charge in [0.25, 0.3) is 11.8 Å². The van der Waals surface area contributed by atoms with Crippen LogP contribution >= 0.6 is 27.5 Å². The van der Waals surface area contributed by atoms with Crippen molar-refractivity contribution in [3.05, 3.63) is 98.0 Å². The maximum atomic E-state index is 13.2. The van der Waals surface area contributed by atoms with E-state index in [9.17, 15) is 14.4 Å². The molecule has 3 aromatic rings. The van der Waals surface area contributed by atoms with Crippen LogP contribution in [0.1, 0.15) is 22.3 Å². The first-order valence-corrected chi connectivity index (χ1v) is 11.5. The Balaban J connectivity index is 1.72.